The van der Waals surface area contributed by atoms with Gasteiger partial charge in [-0.1, -0.05) is 30.3 Å². The highest BCUT2D eigenvalue weighted by Crippen LogP contribution is 2.30. The van der Waals surface area contributed by atoms with Crippen molar-refractivity contribution in [1.29, 1.82) is 0 Å². The van der Waals surface area contributed by atoms with Crippen LogP contribution in [0.1, 0.15) is 5.56 Å². The van der Waals surface area contributed by atoms with Crippen molar-refractivity contribution in [2.75, 3.05) is 20.3 Å². The second-order valence-corrected chi connectivity index (χ2v) is 5.20. The van der Waals surface area contributed by atoms with Gasteiger partial charge < -0.3 is 18.9 Å². The van der Waals surface area contributed by atoms with Crippen molar-refractivity contribution in [3.63, 3.8) is 0 Å². The van der Waals surface area contributed by atoms with Gasteiger partial charge in [0, 0.05) is 11.6 Å². The van der Waals surface area contributed by atoms with Crippen LogP contribution in [-0.2, 0) is 9.53 Å². The summed E-state index contributed by atoms with van der Waals surface area (Å²) in [5.41, 5.74) is 0.808. The molecule has 0 fully saturated rings. The summed E-state index contributed by atoms with van der Waals surface area (Å²) in [6, 6.07) is 14.8. The lowest BCUT2D eigenvalue weighted by Crippen LogP contribution is -2.34. The van der Waals surface area contributed by atoms with E-state index < -0.39 is 5.97 Å². The summed E-state index contributed by atoms with van der Waals surface area (Å²) in [5, 5.41) is 0. The molecule has 0 aromatic heterocycles. The van der Waals surface area contributed by atoms with Crippen LogP contribution in [0.25, 0.3) is 6.08 Å². The molecule has 1 aliphatic heterocycles. The van der Waals surface area contributed by atoms with Crippen LogP contribution < -0.4 is 14.2 Å². The van der Waals surface area contributed by atoms with Gasteiger partial charge in [0.2, 0.25) is 0 Å². The van der Waals surface area contributed by atoms with E-state index >= 15 is 0 Å². The first-order valence-electron chi connectivity index (χ1n) is 7.62. The second kappa shape index (κ2) is 7.55. The maximum Gasteiger partial charge on any atom is 0.330 e. The Morgan fingerprint density at radius 3 is 2.75 bits per heavy atom. The van der Waals surface area contributed by atoms with Crippen molar-refractivity contribution in [3.8, 4) is 17.2 Å². The number of benzene rings is 2. The molecule has 5 heteroatoms. The summed E-state index contributed by atoms with van der Waals surface area (Å²) in [4.78, 5) is 11.9. The molecule has 24 heavy (non-hydrogen) atoms. The topological polar surface area (TPSA) is 54.0 Å². The van der Waals surface area contributed by atoms with Gasteiger partial charge in [-0.2, -0.15) is 0 Å². The summed E-state index contributed by atoms with van der Waals surface area (Å²) in [6.45, 7) is 0.476. The highest BCUT2D eigenvalue weighted by atomic mass is 16.6. The lowest BCUT2D eigenvalue weighted by molar-refractivity contribution is -0.140. The zero-order chi connectivity index (χ0) is 16.8. The minimum atomic E-state index is -0.441. The zero-order valence-electron chi connectivity index (χ0n) is 13.3. The number of fused-ring (bicyclic) bond motifs is 1. The molecule has 2 aromatic carbocycles. The molecule has 5 nitrogen and oxygen atoms in total. The molecule has 0 saturated carbocycles. The van der Waals surface area contributed by atoms with Crippen molar-refractivity contribution < 1.29 is 23.7 Å². The van der Waals surface area contributed by atoms with Crippen LogP contribution in [-0.4, -0.2) is 32.4 Å². The first-order chi connectivity index (χ1) is 11.8. The van der Waals surface area contributed by atoms with Crippen molar-refractivity contribution in [3.05, 3.63) is 60.2 Å². The maximum absolute atomic E-state index is 11.9. The molecule has 0 spiro atoms. The predicted octanol–water partition coefficient (Wildman–Crippen LogP) is 3.09. The third kappa shape index (κ3) is 3.87. The van der Waals surface area contributed by atoms with Gasteiger partial charge in [0.25, 0.3) is 0 Å². The number of ether oxygens (including phenoxy) is 4. The molecule has 3 rings (SSSR count). The Hall–Kier alpha value is -2.95. The molecule has 2 aromatic rings. The summed E-state index contributed by atoms with van der Waals surface area (Å²) < 4.78 is 21.8. The lowest BCUT2D eigenvalue weighted by atomic mass is 10.2. The molecule has 1 unspecified atom stereocenters. The SMILES string of the molecule is COc1ccccc1/C=C/C(=O)OCC1COc2ccccc2O1. The van der Waals surface area contributed by atoms with E-state index in [-0.39, 0.29) is 12.7 Å². The molecule has 0 saturated heterocycles. The Balaban J connectivity index is 1.52. The number of carbonyl (C=O) groups is 1. The fraction of sp³-hybridized carbons (Fsp3) is 0.211. The third-order valence-electron chi connectivity index (χ3n) is 3.52. The Labute approximate surface area is 140 Å². The quantitative estimate of drug-likeness (QED) is 0.624. The van der Waals surface area contributed by atoms with Gasteiger partial charge in [-0.05, 0) is 24.3 Å². The van der Waals surface area contributed by atoms with Gasteiger partial charge in [-0.15, -0.1) is 0 Å². The molecular formula is C19H18O5. The van der Waals surface area contributed by atoms with Crippen molar-refractivity contribution in [1.82, 2.24) is 0 Å². The van der Waals surface area contributed by atoms with E-state index in [9.17, 15) is 4.79 Å². The molecule has 1 aliphatic rings. The molecule has 1 heterocycles. The average Bonchev–Trinajstić information content (AvgIpc) is 2.64. The fourth-order valence-corrected chi connectivity index (χ4v) is 2.33. The zero-order valence-corrected chi connectivity index (χ0v) is 13.3. The maximum atomic E-state index is 11.9. The minimum absolute atomic E-state index is 0.128. The number of hydrogen-bond donors (Lipinski definition) is 0. The first-order valence-corrected chi connectivity index (χ1v) is 7.62. The van der Waals surface area contributed by atoms with Gasteiger partial charge in [0.15, 0.2) is 17.6 Å². The number of esters is 1. The third-order valence-corrected chi connectivity index (χ3v) is 3.52. The van der Waals surface area contributed by atoms with E-state index in [1.54, 1.807) is 13.2 Å². The normalized spacial score (nSPS) is 16.0. The highest BCUT2D eigenvalue weighted by Gasteiger charge is 2.21. The van der Waals surface area contributed by atoms with Crippen LogP contribution in [0.2, 0.25) is 0 Å². The van der Waals surface area contributed by atoms with Crippen molar-refractivity contribution in [2.45, 2.75) is 6.10 Å². The van der Waals surface area contributed by atoms with E-state index in [4.69, 9.17) is 18.9 Å². The van der Waals surface area contributed by atoms with Gasteiger partial charge in [-0.3, -0.25) is 0 Å². The molecule has 0 N–H and O–H groups in total. The number of hydrogen-bond acceptors (Lipinski definition) is 5. The average molecular weight is 326 g/mol. The molecule has 0 aliphatic carbocycles. The van der Waals surface area contributed by atoms with Crippen molar-refractivity contribution in [2.24, 2.45) is 0 Å². The van der Waals surface area contributed by atoms with Crippen molar-refractivity contribution >= 4 is 12.0 Å². The minimum Gasteiger partial charge on any atom is -0.496 e. The summed E-state index contributed by atoms with van der Waals surface area (Å²) in [7, 11) is 1.59. The van der Waals surface area contributed by atoms with Gasteiger partial charge >= 0.3 is 5.97 Å². The number of para-hydroxylation sites is 3. The van der Waals surface area contributed by atoms with E-state index in [1.807, 2.05) is 48.5 Å². The number of rotatable bonds is 5. The Morgan fingerprint density at radius 1 is 1.17 bits per heavy atom. The van der Waals surface area contributed by atoms with Crippen LogP contribution in [0.5, 0.6) is 17.2 Å². The van der Waals surface area contributed by atoms with E-state index in [1.165, 1.54) is 6.08 Å². The number of carbonyl (C=O) groups excluding carboxylic acids is 1. The van der Waals surface area contributed by atoms with E-state index in [0.717, 1.165) is 5.56 Å². The predicted molar refractivity (Wildman–Crippen MR) is 89.3 cm³/mol. The molecule has 0 radical (unpaired) electrons. The largest absolute Gasteiger partial charge is 0.496 e. The van der Waals surface area contributed by atoms with E-state index in [0.29, 0.717) is 23.9 Å². The van der Waals surface area contributed by atoms with Gasteiger partial charge in [-0.25, -0.2) is 4.79 Å². The summed E-state index contributed by atoms with van der Waals surface area (Å²) >= 11 is 0. The Kier molecular flexibility index (Phi) is 5.01. The monoisotopic (exact) mass is 326 g/mol. The Bertz CT molecular complexity index is 738. The Morgan fingerprint density at radius 2 is 1.92 bits per heavy atom. The van der Waals surface area contributed by atoms with Crippen LogP contribution in [0.15, 0.2) is 54.6 Å². The standard InChI is InChI=1S/C19H18O5/c1-21-16-7-3-2-6-14(16)10-11-19(20)23-13-15-12-22-17-8-4-5-9-18(17)24-15/h2-11,15H,12-13H2,1H3/b11-10+. The van der Waals surface area contributed by atoms with Crippen LogP contribution in [0, 0.1) is 0 Å². The highest BCUT2D eigenvalue weighted by molar-refractivity contribution is 5.87. The molecule has 0 bridgehead atoms. The summed E-state index contributed by atoms with van der Waals surface area (Å²) in [6.07, 6.45) is 2.72. The van der Waals surface area contributed by atoms with Crippen LogP contribution >= 0.6 is 0 Å². The summed E-state index contributed by atoms with van der Waals surface area (Å²) in [5.74, 6) is 1.62. The number of methoxy groups -OCH3 is 1. The molecule has 124 valence electrons. The second-order valence-electron chi connectivity index (χ2n) is 5.20. The van der Waals surface area contributed by atoms with Gasteiger partial charge in [0.1, 0.15) is 19.0 Å². The van der Waals surface area contributed by atoms with E-state index in [2.05, 4.69) is 0 Å². The molecule has 0 amide bonds. The first kappa shape index (κ1) is 15.9. The fourth-order valence-electron chi connectivity index (χ4n) is 2.33. The van der Waals surface area contributed by atoms with Gasteiger partial charge in [0.05, 0.1) is 7.11 Å². The lowest BCUT2D eigenvalue weighted by Gasteiger charge is -2.25. The molecule has 1 atom stereocenters. The van der Waals surface area contributed by atoms with Crippen LogP contribution in [0.4, 0.5) is 0 Å². The molecular weight excluding hydrogens is 308 g/mol. The van der Waals surface area contributed by atoms with Crippen LogP contribution in [0.3, 0.4) is 0 Å². The smallest absolute Gasteiger partial charge is 0.330 e.